The second kappa shape index (κ2) is 6.47. The number of hydrogen-bond acceptors (Lipinski definition) is 3. The highest BCUT2D eigenvalue weighted by atomic mass is 19.1. The van der Waals surface area contributed by atoms with Crippen LogP contribution in [0.3, 0.4) is 0 Å². The van der Waals surface area contributed by atoms with Gasteiger partial charge >= 0.3 is 0 Å². The zero-order chi connectivity index (χ0) is 15.4. The average Bonchev–Trinajstić information content (AvgIpc) is 2.81. The monoisotopic (exact) mass is 294 g/mol. The van der Waals surface area contributed by atoms with Gasteiger partial charge in [0.05, 0.1) is 12.1 Å². The van der Waals surface area contributed by atoms with Crippen LogP contribution >= 0.6 is 0 Å². The van der Waals surface area contributed by atoms with Crippen LogP contribution < -0.4 is 5.32 Å². The predicted molar refractivity (Wildman–Crippen MR) is 72.7 cm³/mol. The Morgan fingerprint density at radius 1 is 1.38 bits per heavy atom. The lowest BCUT2D eigenvalue weighted by molar-refractivity contribution is -0.120. The third kappa shape index (κ3) is 4.11. The molecule has 0 unspecified atom stereocenters. The Labute approximate surface area is 121 Å². The normalized spacial score (nSPS) is 12.2. The van der Waals surface area contributed by atoms with E-state index in [1.807, 2.05) is 0 Å². The number of amides is 1. The summed E-state index contributed by atoms with van der Waals surface area (Å²) in [6.45, 7) is 3.77. The fourth-order valence-corrected chi connectivity index (χ4v) is 2.01. The molecule has 0 fully saturated rings. The number of benzene rings is 1. The van der Waals surface area contributed by atoms with Crippen molar-refractivity contribution in [2.24, 2.45) is 0 Å². The quantitative estimate of drug-likeness (QED) is 0.922. The standard InChI is InChI=1S/C15H16F2N2O2/c1-9(13-4-3-11(16)6-14(13)17)8-18-15(20)7-12-5-10(2)21-19-12/h3-6,9H,7-8H2,1-2H3,(H,18,20)/t9-/m1/s1. The molecular weight excluding hydrogens is 278 g/mol. The maximum absolute atomic E-state index is 13.6. The SMILES string of the molecule is Cc1cc(CC(=O)NC[C@@H](C)c2ccc(F)cc2F)no1. The first kappa shape index (κ1) is 15.2. The van der Waals surface area contributed by atoms with Crippen molar-refractivity contribution >= 4 is 5.91 Å². The van der Waals surface area contributed by atoms with E-state index >= 15 is 0 Å². The Kier molecular flexibility index (Phi) is 4.67. The van der Waals surface area contributed by atoms with Crippen LogP contribution in [0, 0.1) is 18.6 Å². The molecule has 2 aromatic rings. The molecule has 0 aliphatic carbocycles. The highest BCUT2D eigenvalue weighted by Gasteiger charge is 2.14. The molecular formula is C15H16F2N2O2. The van der Waals surface area contributed by atoms with Crippen LogP contribution in [0.1, 0.15) is 29.9 Å². The zero-order valence-corrected chi connectivity index (χ0v) is 11.8. The third-order valence-corrected chi connectivity index (χ3v) is 3.12. The summed E-state index contributed by atoms with van der Waals surface area (Å²) in [7, 11) is 0. The van der Waals surface area contributed by atoms with Gasteiger partial charge in [-0.3, -0.25) is 4.79 Å². The first-order chi connectivity index (χ1) is 9.95. The molecule has 0 radical (unpaired) electrons. The molecule has 0 saturated heterocycles. The molecule has 1 N–H and O–H groups in total. The van der Waals surface area contributed by atoms with Crippen LogP contribution in [0.25, 0.3) is 0 Å². The van der Waals surface area contributed by atoms with Crippen LogP contribution in [0.2, 0.25) is 0 Å². The van der Waals surface area contributed by atoms with Crippen molar-refractivity contribution in [1.29, 1.82) is 0 Å². The lowest BCUT2D eigenvalue weighted by Gasteiger charge is -2.13. The molecule has 6 heteroatoms. The van der Waals surface area contributed by atoms with Gasteiger partial charge in [0, 0.05) is 24.6 Å². The smallest absolute Gasteiger partial charge is 0.226 e. The van der Waals surface area contributed by atoms with Crippen molar-refractivity contribution in [2.75, 3.05) is 6.54 Å². The van der Waals surface area contributed by atoms with Gasteiger partial charge in [0.1, 0.15) is 17.4 Å². The summed E-state index contributed by atoms with van der Waals surface area (Å²) in [6.07, 6.45) is 0.107. The molecule has 2 rings (SSSR count). The van der Waals surface area contributed by atoms with E-state index in [2.05, 4.69) is 10.5 Å². The number of carbonyl (C=O) groups excluding carboxylic acids is 1. The second-order valence-electron chi connectivity index (χ2n) is 4.98. The number of nitrogens with one attached hydrogen (secondary N) is 1. The number of carbonyl (C=O) groups is 1. The minimum Gasteiger partial charge on any atom is -0.361 e. The van der Waals surface area contributed by atoms with Gasteiger partial charge in [-0.05, 0) is 18.6 Å². The zero-order valence-electron chi connectivity index (χ0n) is 11.8. The van der Waals surface area contributed by atoms with Gasteiger partial charge < -0.3 is 9.84 Å². The van der Waals surface area contributed by atoms with E-state index in [1.54, 1.807) is 19.9 Å². The first-order valence-corrected chi connectivity index (χ1v) is 6.59. The largest absolute Gasteiger partial charge is 0.361 e. The molecule has 4 nitrogen and oxygen atoms in total. The van der Waals surface area contributed by atoms with Gasteiger partial charge in [-0.2, -0.15) is 0 Å². The van der Waals surface area contributed by atoms with Gasteiger partial charge in [-0.1, -0.05) is 18.1 Å². The second-order valence-corrected chi connectivity index (χ2v) is 4.98. The van der Waals surface area contributed by atoms with Crippen molar-refractivity contribution in [1.82, 2.24) is 10.5 Å². The van der Waals surface area contributed by atoms with Crippen LogP contribution in [0.4, 0.5) is 8.78 Å². The van der Waals surface area contributed by atoms with Crippen molar-refractivity contribution in [3.8, 4) is 0 Å². The number of nitrogens with zero attached hydrogens (tertiary/aromatic N) is 1. The third-order valence-electron chi connectivity index (χ3n) is 3.12. The Balaban J connectivity index is 1.88. The van der Waals surface area contributed by atoms with E-state index in [0.717, 1.165) is 6.07 Å². The minimum atomic E-state index is -0.617. The number of halogens is 2. The van der Waals surface area contributed by atoms with Crippen molar-refractivity contribution in [2.45, 2.75) is 26.2 Å². The van der Waals surface area contributed by atoms with E-state index in [-0.39, 0.29) is 24.8 Å². The molecule has 0 aliphatic rings. The molecule has 21 heavy (non-hydrogen) atoms. The Morgan fingerprint density at radius 2 is 2.14 bits per heavy atom. The lowest BCUT2D eigenvalue weighted by Crippen LogP contribution is -2.29. The molecule has 0 saturated carbocycles. The highest BCUT2D eigenvalue weighted by molar-refractivity contribution is 5.78. The predicted octanol–water partition coefficient (Wildman–Crippen LogP) is 2.72. The van der Waals surface area contributed by atoms with E-state index < -0.39 is 11.6 Å². The van der Waals surface area contributed by atoms with Crippen LogP contribution in [0.15, 0.2) is 28.8 Å². The molecule has 1 heterocycles. The number of rotatable bonds is 5. The fraction of sp³-hybridized carbons (Fsp3) is 0.333. The van der Waals surface area contributed by atoms with E-state index in [4.69, 9.17) is 4.52 Å². The van der Waals surface area contributed by atoms with Crippen LogP contribution in [0.5, 0.6) is 0 Å². The number of hydrogen-bond donors (Lipinski definition) is 1. The van der Waals surface area contributed by atoms with Gasteiger partial charge in [0.2, 0.25) is 5.91 Å². The number of aromatic nitrogens is 1. The molecule has 0 bridgehead atoms. The summed E-state index contributed by atoms with van der Waals surface area (Å²) in [5.74, 6) is -1.07. The maximum atomic E-state index is 13.6. The highest BCUT2D eigenvalue weighted by Crippen LogP contribution is 2.19. The summed E-state index contributed by atoms with van der Waals surface area (Å²) in [5.41, 5.74) is 0.916. The van der Waals surface area contributed by atoms with Crippen molar-refractivity contribution in [3.05, 3.63) is 52.9 Å². The summed E-state index contributed by atoms with van der Waals surface area (Å²) < 4.78 is 31.3. The maximum Gasteiger partial charge on any atom is 0.226 e. The number of aryl methyl sites for hydroxylation is 1. The molecule has 1 aromatic heterocycles. The Bertz CT molecular complexity index is 640. The van der Waals surface area contributed by atoms with E-state index in [0.29, 0.717) is 17.0 Å². The summed E-state index contributed by atoms with van der Waals surface area (Å²) in [6, 6.07) is 5.12. The lowest BCUT2D eigenvalue weighted by atomic mass is 10.0. The fourth-order valence-electron chi connectivity index (χ4n) is 2.01. The minimum absolute atomic E-state index is 0.107. The van der Waals surface area contributed by atoms with Crippen molar-refractivity contribution < 1.29 is 18.1 Å². The van der Waals surface area contributed by atoms with Crippen LogP contribution in [-0.2, 0) is 11.2 Å². The topological polar surface area (TPSA) is 55.1 Å². The van der Waals surface area contributed by atoms with Crippen LogP contribution in [-0.4, -0.2) is 17.6 Å². The van der Waals surface area contributed by atoms with Gasteiger partial charge in [-0.15, -0.1) is 0 Å². The molecule has 1 aromatic carbocycles. The van der Waals surface area contributed by atoms with Gasteiger partial charge in [0.15, 0.2) is 0 Å². The van der Waals surface area contributed by atoms with Gasteiger partial charge in [-0.25, -0.2) is 8.78 Å². The summed E-state index contributed by atoms with van der Waals surface area (Å²) >= 11 is 0. The summed E-state index contributed by atoms with van der Waals surface area (Å²) in [4.78, 5) is 11.7. The molecule has 1 amide bonds. The Hall–Kier alpha value is -2.24. The van der Waals surface area contributed by atoms with Crippen molar-refractivity contribution in [3.63, 3.8) is 0 Å². The molecule has 0 aliphatic heterocycles. The Morgan fingerprint density at radius 3 is 2.76 bits per heavy atom. The molecule has 1 atom stereocenters. The molecule has 112 valence electrons. The van der Waals surface area contributed by atoms with E-state index in [1.165, 1.54) is 12.1 Å². The summed E-state index contributed by atoms with van der Waals surface area (Å²) in [5, 5.41) is 6.43. The van der Waals surface area contributed by atoms with Gasteiger partial charge in [0.25, 0.3) is 0 Å². The van der Waals surface area contributed by atoms with E-state index in [9.17, 15) is 13.6 Å². The average molecular weight is 294 g/mol. The molecule has 0 spiro atoms. The first-order valence-electron chi connectivity index (χ1n) is 6.59.